The molecule has 0 atom stereocenters. The SMILES string of the molecule is CS(=O)(=O)c1ccc(CNC(=O)c2cccc(C#CCc3ccc(Br)cc3)c2)cc1. The summed E-state index contributed by atoms with van der Waals surface area (Å²) >= 11 is 3.41. The molecule has 0 unspecified atom stereocenters. The summed E-state index contributed by atoms with van der Waals surface area (Å²) in [6.45, 7) is 0.308. The van der Waals surface area contributed by atoms with Crippen LogP contribution in [0.5, 0.6) is 0 Å². The van der Waals surface area contributed by atoms with Crippen molar-refractivity contribution >= 4 is 31.7 Å². The van der Waals surface area contributed by atoms with Crippen LogP contribution in [0.1, 0.15) is 27.0 Å². The van der Waals surface area contributed by atoms with E-state index in [0.717, 1.165) is 21.2 Å². The van der Waals surface area contributed by atoms with Crippen LogP contribution in [0.15, 0.2) is 82.2 Å². The summed E-state index contributed by atoms with van der Waals surface area (Å²) in [6.07, 6.45) is 1.80. The molecule has 0 fully saturated rings. The second kappa shape index (κ2) is 9.75. The molecule has 152 valence electrons. The fraction of sp³-hybridized carbons (Fsp3) is 0.125. The van der Waals surface area contributed by atoms with Crippen LogP contribution in [0.25, 0.3) is 0 Å². The lowest BCUT2D eigenvalue weighted by Crippen LogP contribution is -2.22. The minimum absolute atomic E-state index is 0.209. The predicted octanol–water partition coefficient (Wildman–Crippen LogP) is 4.38. The predicted molar refractivity (Wildman–Crippen MR) is 122 cm³/mol. The third kappa shape index (κ3) is 6.31. The van der Waals surface area contributed by atoms with Gasteiger partial charge < -0.3 is 5.32 Å². The summed E-state index contributed by atoms with van der Waals surface area (Å²) in [7, 11) is -3.23. The molecule has 0 radical (unpaired) electrons. The largest absolute Gasteiger partial charge is 0.348 e. The minimum atomic E-state index is -3.23. The molecule has 0 spiro atoms. The Balaban J connectivity index is 1.60. The average Bonchev–Trinajstić information content (AvgIpc) is 2.73. The van der Waals surface area contributed by atoms with Crippen molar-refractivity contribution in [1.29, 1.82) is 0 Å². The van der Waals surface area contributed by atoms with Crippen molar-refractivity contribution < 1.29 is 13.2 Å². The molecule has 4 nitrogen and oxygen atoms in total. The maximum Gasteiger partial charge on any atom is 0.251 e. The molecular weight excluding hydrogens is 462 g/mol. The van der Waals surface area contributed by atoms with E-state index >= 15 is 0 Å². The van der Waals surface area contributed by atoms with E-state index in [4.69, 9.17) is 0 Å². The van der Waals surface area contributed by atoms with Crippen molar-refractivity contribution in [2.45, 2.75) is 17.9 Å². The van der Waals surface area contributed by atoms with Gasteiger partial charge in [-0.25, -0.2) is 8.42 Å². The van der Waals surface area contributed by atoms with Crippen LogP contribution in [-0.2, 0) is 22.8 Å². The van der Waals surface area contributed by atoms with E-state index in [1.165, 1.54) is 6.26 Å². The Morgan fingerprint density at radius 3 is 2.30 bits per heavy atom. The maximum atomic E-state index is 12.5. The number of benzene rings is 3. The molecule has 30 heavy (non-hydrogen) atoms. The summed E-state index contributed by atoms with van der Waals surface area (Å²) in [4.78, 5) is 12.7. The number of hydrogen-bond acceptors (Lipinski definition) is 3. The van der Waals surface area contributed by atoms with Crippen molar-refractivity contribution in [2.24, 2.45) is 0 Å². The van der Waals surface area contributed by atoms with E-state index in [1.54, 1.807) is 42.5 Å². The first-order valence-corrected chi connectivity index (χ1v) is 11.9. The number of sulfone groups is 1. The van der Waals surface area contributed by atoms with Gasteiger partial charge in [0.05, 0.1) is 4.90 Å². The molecule has 0 aliphatic heterocycles. The number of halogens is 1. The topological polar surface area (TPSA) is 63.2 Å². The molecule has 3 aromatic carbocycles. The summed E-state index contributed by atoms with van der Waals surface area (Å²) < 4.78 is 24.1. The minimum Gasteiger partial charge on any atom is -0.348 e. The van der Waals surface area contributed by atoms with Crippen LogP contribution in [0, 0.1) is 11.8 Å². The summed E-state index contributed by atoms with van der Waals surface area (Å²) in [6, 6.07) is 21.6. The first kappa shape index (κ1) is 21.8. The van der Waals surface area contributed by atoms with Crippen LogP contribution in [0.2, 0.25) is 0 Å². The number of amides is 1. The van der Waals surface area contributed by atoms with Crippen LogP contribution < -0.4 is 5.32 Å². The van der Waals surface area contributed by atoms with E-state index in [9.17, 15) is 13.2 Å². The van der Waals surface area contributed by atoms with E-state index in [1.807, 2.05) is 30.3 Å². The Bertz CT molecular complexity index is 1210. The van der Waals surface area contributed by atoms with Gasteiger partial charge in [0.15, 0.2) is 9.84 Å². The highest BCUT2D eigenvalue weighted by Gasteiger charge is 2.08. The van der Waals surface area contributed by atoms with Gasteiger partial charge in [-0.15, -0.1) is 0 Å². The second-order valence-electron chi connectivity index (χ2n) is 6.78. The van der Waals surface area contributed by atoms with E-state index in [0.29, 0.717) is 18.5 Å². The van der Waals surface area contributed by atoms with Gasteiger partial charge in [0.1, 0.15) is 0 Å². The van der Waals surface area contributed by atoms with Crippen LogP contribution >= 0.6 is 15.9 Å². The highest BCUT2D eigenvalue weighted by molar-refractivity contribution is 9.10. The molecule has 0 bridgehead atoms. The summed E-state index contributed by atoms with van der Waals surface area (Å²) in [5.74, 6) is 6.02. The zero-order chi connectivity index (χ0) is 21.6. The van der Waals surface area contributed by atoms with Gasteiger partial charge in [0.25, 0.3) is 5.91 Å². The quantitative estimate of drug-likeness (QED) is 0.550. The summed E-state index contributed by atoms with van der Waals surface area (Å²) in [5, 5.41) is 2.85. The Hall–Kier alpha value is -2.88. The van der Waals surface area contributed by atoms with E-state index < -0.39 is 9.84 Å². The molecule has 3 aromatic rings. The lowest BCUT2D eigenvalue weighted by Gasteiger charge is -2.07. The van der Waals surface area contributed by atoms with E-state index in [-0.39, 0.29) is 10.8 Å². The molecule has 0 aromatic heterocycles. The van der Waals surface area contributed by atoms with Crippen LogP contribution in [0.4, 0.5) is 0 Å². The lowest BCUT2D eigenvalue weighted by molar-refractivity contribution is 0.0951. The average molecular weight is 482 g/mol. The number of rotatable bonds is 5. The van der Waals surface area contributed by atoms with Gasteiger partial charge in [-0.3, -0.25) is 4.79 Å². The maximum absolute atomic E-state index is 12.5. The zero-order valence-corrected chi connectivity index (χ0v) is 18.8. The molecule has 1 N–H and O–H groups in total. The molecule has 0 heterocycles. The van der Waals surface area contributed by atoms with Crippen molar-refractivity contribution in [3.8, 4) is 11.8 Å². The molecule has 0 saturated carbocycles. The number of carbonyl (C=O) groups is 1. The Morgan fingerprint density at radius 2 is 1.63 bits per heavy atom. The molecule has 0 aliphatic carbocycles. The number of hydrogen-bond donors (Lipinski definition) is 1. The van der Waals surface area contributed by atoms with Crippen molar-refractivity contribution in [1.82, 2.24) is 5.32 Å². The highest BCUT2D eigenvalue weighted by Crippen LogP contribution is 2.12. The smallest absolute Gasteiger partial charge is 0.251 e. The number of nitrogens with one attached hydrogen (secondary N) is 1. The van der Waals surface area contributed by atoms with E-state index in [2.05, 4.69) is 33.1 Å². The van der Waals surface area contributed by atoms with Gasteiger partial charge in [0, 0.05) is 34.8 Å². The van der Waals surface area contributed by atoms with Gasteiger partial charge in [-0.2, -0.15) is 0 Å². The fourth-order valence-corrected chi connectivity index (χ4v) is 3.62. The third-order valence-electron chi connectivity index (χ3n) is 4.37. The normalized spacial score (nSPS) is 10.7. The fourth-order valence-electron chi connectivity index (χ4n) is 2.73. The highest BCUT2D eigenvalue weighted by atomic mass is 79.9. The second-order valence-corrected chi connectivity index (χ2v) is 9.72. The van der Waals surface area contributed by atoms with Gasteiger partial charge in [-0.05, 0) is 53.6 Å². The van der Waals surface area contributed by atoms with Crippen LogP contribution in [-0.4, -0.2) is 20.6 Å². The first-order valence-electron chi connectivity index (χ1n) is 9.22. The Kier molecular flexibility index (Phi) is 7.09. The van der Waals surface area contributed by atoms with Crippen molar-refractivity contribution in [2.75, 3.05) is 6.26 Å². The monoisotopic (exact) mass is 481 g/mol. The van der Waals surface area contributed by atoms with Crippen molar-refractivity contribution in [3.63, 3.8) is 0 Å². The molecule has 0 saturated heterocycles. The number of carbonyl (C=O) groups excluding carboxylic acids is 1. The molecule has 3 rings (SSSR count). The Labute approximate surface area is 185 Å². The van der Waals surface area contributed by atoms with Gasteiger partial charge in [-0.1, -0.05) is 58.1 Å². The first-order chi connectivity index (χ1) is 14.3. The standard InChI is InChI=1S/C24H20BrNO3S/c1-30(28,29)23-14-10-20(11-15-23)17-26-24(27)21-7-3-6-19(16-21)5-2-4-18-8-12-22(25)13-9-18/h3,6-16H,4,17H2,1H3,(H,26,27). The lowest BCUT2D eigenvalue weighted by atomic mass is 10.1. The van der Waals surface area contributed by atoms with Crippen LogP contribution in [0.3, 0.4) is 0 Å². The summed E-state index contributed by atoms with van der Waals surface area (Å²) in [5.41, 5.74) is 3.25. The molecule has 1 amide bonds. The van der Waals surface area contributed by atoms with Gasteiger partial charge in [0.2, 0.25) is 0 Å². The zero-order valence-electron chi connectivity index (χ0n) is 16.4. The molecule has 6 heteroatoms. The van der Waals surface area contributed by atoms with Gasteiger partial charge >= 0.3 is 0 Å². The molecule has 0 aliphatic rings. The van der Waals surface area contributed by atoms with Crippen molar-refractivity contribution in [3.05, 3.63) is 99.5 Å². The Morgan fingerprint density at radius 1 is 0.967 bits per heavy atom. The third-order valence-corrected chi connectivity index (χ3v) is 6.02. The molecular formula is C24H20BrNO3S.